The van der Waals surface area contributed by atoms with Crippen LogP contribution in [-0.4, -0.2) is 24.1 Å². The van der Waals surface area contributed by atoms with Crippen molar-refractivity contribution >= 4 is 21.6 Å². The number of aromatic nitrogens is 1. The topological polar surface area (TPSA) is 37.0 Å². The van der Waals surface area contributed by atoms with E-state index < -0.39 is 0 Å². The molecule has 0 saturated carbocycles. The van der Waals surface area contributed by atoms with Crippen molar-refractivity contribution in [1.82, 2.24) is 10.3 Å². The molecule has 4 heteroatoms. The summed E-state index contributed by atoms with van der Waals surface area (Å²) in [7, 11) is 0. The molecular weight excluding hydrogens is 218 g/mol. The summed E-state index contributed by atoms with van der Waals surface area (Å²) in [5, 5.41) is 6.56. The van der Waals surface area contributed by atoms with Crippen LogP contribution in [0.2, 0.25) is 0 Å². The minimum absolute atomic E-state index is 0.577. The summed E-state index contributed by atoms with van der Waals surface area (Å²) in [4.78, 5) is 4.12. The smallest absolute Gasteiger partial charge is 0.106 e. The van der Waals surface area contributed by atoms with Gasteiger partial charge in [0.1, 0.15) is 4.60 Å². The quantitative estimate of drug-likeness (QED) is 0.747. The van der Waals surface area contributed by atoms with E-state index >= 15 is 0 Å². The molecule has 0 radical (unpaired) electrons. The molecule has 0 atom stereocenters. The van der Waals surface area contributed by atoms with E-state index in [1.807, 2.05) is 18.3 Å². The van der Waals surface area contributed by atoms with Crippen LogP contribution in [0.25, 0.3) is 0 Å². The van der Waals surface area contributed by atoms with Crippen LogP contribution in [-0.2, 0) is 0 Å². The zero-order valence-corrected chi connectivity index (χ0v) is 8.13. The van der Waals surface area contributed by atoms with Gasteiger partial charge in [-0.3, -0.25) is 0 Å². The summed E-state index contributed by atoms with van der Waals surface area (Å²) in [5.41, 5.74) is 1.09. The third-order valence-electron chi connectivity index (χ3n) is 1.88. The van der Waals surface area contributed by atoms with Crippen LogP contribution in [0.15, 0.2) is 22.9 Å². The highest BCUT2D eigenvalue weighted by atomic mass is 79.9. The first kappa shape index (κ1) is 8.01. The monoisotopic (exact) mass is 227 g/mol. The SMILES string of the molecule is Brc1ccc(NC2CNC2)cn1. The van der Waals surface area contributed by atoms with E-state index in [-0.39, 0.29) is 0 Å². The largest absolute Gasteiger partial charge is 0.379 e. The van der Waals surface area contributed by atoms with Gasteiger partial charge in [0.2, 0.25) is 0 Å². The summed E-state index contributed by atoms with van der Waals surface area (Å²) in [6.45, 7) is 2.10. The lowest BCUT2D eigenvalue weighted by Crippen LogP contribution is -2.51. The number of nitrogens with one attached hydrogen (secondary N) is 2. The molecule has 2 N–H and O–H groups in total. The van der Waals surface area contributed by atoms with E-state index in [1.165, 1.54) is 0 Å². The number of rotatable bonds is 2. The summed E-state index contributed by atoms with van der Waals surface area (Å²) < 4.78 is 0.875. The molecule has 1 aromatic rings. The zero-order valence-electron chi connectivity index (χ0n) is 6.55. The Bertz CT molecular complexity index is 256. The lowest BCUT2D eigenvalue weighted by atomic mass is 10.2. The first-order valence-electron chi connectivity index (χ1n) is 3.93. The molecule has 3 nitrogen and oxygen atoms in total. The van der Waals surface area contributed by atoms with Crippen LogP contribution in [0.5, 0.6) is 0 Å². The Morgan fingerprint density at radius 3 is 2.83 bits per heavy atom. The molecule has 1 fully saturated rings. The van der Waals surface area contributed by atoms with E-state index in [9.17, 15) is 0 Å². The Morgan fingerprint density at radius 1 is 1.50 bits per heavy atom. The van der Waals surface area contributed by atoms with Gasteiger partial charge in [-0.1, -0.05) is 0 Å². The summed E-state index contributed by atoms with van der Waals surface area (Å²) >= 11 is 3.29. The number of pyridine rings is 1. The standard InChI is InChI=1S/C8H10BrN3/c9-8-2-1-6(5-11-8)12-7-3-10-4-7/h1-2,5,7,10,12H,3-4H2. The third kappa shape index (κ3) is 1.76. The van der Waals surface area contributed by atoms with Crippen molar-refractivity contribution in [3.05, 3.63) is 22.9 Å². The number of nitrogens with zero attached hydrogens (tertiary/aromatic N) is 1. The van der Waals surface area contributed by atoms with Gasteiger partial charge in [0, 0.05) is 13.1 Å². The molecule has 1 saturated heterocycles. The second-order valence-electron chi connectivity index (χ2n) is 2.87. The molecule has 0 unspecified atom stereocenters. The van der Waals surface area contributed by atoms with Crippen molar-refractivity contribution in [2.45, 2.75) is 6.04 Å². The van der Waals surface area contributed by atoms with E-state index in [4.69, 9.17) is 0 Å². The molecule has 0 bridgehead atoms. The maximum atomic E-state index is 4.12. The highest BCUT2D eigenvalue weighted by molar-refractivity contribution is 9.10. The van der Waals surface area contributed by atoms with Crippen molar-refractivity contribution < 1.29 is 0 Å². The highest BCUT2D eigenvalue weighted by Gasteiger charge is 2.15. The van der Waals surface area contributed by atoms with Gasteiger partial charge in [-0.25, -0.2) is 4.98 Å². The molecule has 64 valence electrons. The second-order valence-corrected chi connectivity index (χ2v) is 3.68. The Morgan fingerprint density at radius 2 is 2.33 bits per heavy atom. The molecular formula is C8H10BrN3. The van der Waals surface area contributed by atoms with E-state index in [2.05, 4.69) is 31.5 Å². The van der Waals surface area contributed by atoms with Gasteiger partial charge in [0.15, 0.2) is 0 Å². The maximum Gasteiger partial charge on any atom is 0.106 e. The fourth-order valence-electron chi connectivity index (χ4n) is 1.09. The average molecular weight is 228 g/mol. The van der Waals surface area contributed by atoms with Gasteiger partial charge in [0.05, 0.1) is 17.9 Å². The van der Waals surface area contributed by atoms with Crippen LogP contribution in [0.1, 0.15) is 0 Å². The van der Waals surface area contributed by atoms with E-state index in [0.717, 1.165) is 23.4 Å². The fourth-order valence-corrected chi connectivity index (χ4v) is 1.32. The Kier molecular flexibility index (Phi) is 2.28. The third-order valence-corrected chi connectivity index (χ3v) is 2.35. The fraction of sp³-hybridized carbons (Fsp3) is 0.375. The molecule has 1 aliphatic rings. The predicted octanol–water partition coefficient (Wildman–Crippen LogP) is 1.23. The minimum atomic E-state index is 0.577. The first-order chi connectivity index (χ1) is 5.84. The van der Waals surface area contributed by atoms with Crippen molar-refractivity contribution in [2.24, 2.45) is 0 Å². The lowest BCUT2D eigenvalue weighted by Gasteiger charge is -2.28. The number of hydrogen-bond acceptors (Lipinski definition) is 3. The Hall–Kier alpha value is -0.610. The molecule has 12 heavy (non-hydrogen) atoms. The van der Waals surface area contributed by atoms with Crippen LogP contribution in [0.3, 0.4) is 0 Å². The van der Waals surface area contributed by atoms with Crippen molar-refractivity contribution in [2.75, 3.05) is 18.4 Å². The molecule has 0 aromatic carbocycles. The van der Waals surface area contributed by atoms with E-state index in [0.29, 0.717) is 6.04 Å². The van der Waals surface area contributed by atoms with Crippen LogP contribution in [0.4, 0.5) is 5.69 Å². The highest BCUT2D eigenvalue weighted by Crippen LogP contribution is 2.12. The van der Waals surface area contributed by atoms with Crippen molar-refractivity contribution in [3.8, 4) is 0 Å². The predicted molar refractivity (Wildman–Crippen MR) is 52.2 cm³/mol. The molecule has 2 rings (SSSR count). The van der Waals surface area contributed by atoms with Gasteiger partial charge in [-0.2, -0.15) is 0 Å². The van der Waals surface area contributed by atoms with E-state index in [1.54, 1.807) is 0 Å². The molecule has 1 aliphatic heterocycles. The van der Waals surface area contributed by atoms with Crippen molar-refractivity contribution in [1.29, 1.82) is 0 Å². The zero-order chi connectivity index (χ0) is 8.39. The van der Waals surface area contributed by atoms with Gasteiger partial charge >= 0.3 is 0 Å². The summed E-state index contributed by atoms with van der Waals surface area (Å²) in [5.74, 6) is 0. The lowest BCUT2D eigenvalue weighted by molar-refractivity contribution is 0.472. The van der Waals surface area contributed by atoms with Gasteiger partial charge in [-0.05, 0) is 28.1 Å². The summed E-state index contributed by atoms with van der Waals surface area (Å²) in [6, 6.07) is 4.54. The van der Waals surface area contributed by atoms with Crippen LogP contribution >= 0.6 is 15.9 Å². The van der Waals surface area contributed by atoms with Crippen LogP contribution in [0, 0.1) is 0 Å². The maximum absolute atomic E-state index is 4.12. The molecule has 2 heterocycles. The second kappa shape index (κ2) is 3.41. The normalized spacial score (nSPS) is 17.1. The molecule has 0 aliphatic carbocycles. The average Bonchev–Trinajstić information content (AvgIpc) is 2.00. The van der Waals surface area contributed by atoms with Gasteiger partial charge in [-0.15, -0.1) is 0 Å². The minimum Gasteiger partial charge on any atom is -0.379 e. The first-order valence-corrected chi connectivity index (χ1v) is 4.73. The van der Waals surface area contributed by atoms with Crippen molar-refractivity contribution in [3.63, 3.8) is 0 Å². The molecule has 0 amide bonds. The molecule has 1 aromatic heterocycles. The molecule has 0 spiro atoms. The summed E-state index contributed by atoms with van der Waals surface area (Å²) in [6.07, 6.45) is 1.84. The van der Waals surface area contributed by atoms with Gasteiger partial charge in [0.25, 0.3) is 0 Å². The Labute approximate surface area is 79.7 Å². The number of halogens is 1. The number of anilines is 1. The van der Waals surface area contributed by atoms with Gasteiger partial charge < -0.3 is 10.6 Å². The number of hydrogen-bond donors (Lipinski definition) is 2. The Balaban J connectivity index is 1.98. The van der Waals surface area contributed by atoms with Crippen LogP contribution < -0.4 is 10.6 Å².